The van der Waals surface area contributed by atoms with Crippen molar-refractivity contribution in [2.24, 2.45) is 0 Å². The Morgan fingerprint density at radius 1 is 1.22 bits per heavy atom. The fraction of sp³-hybridized carbons (Fsp3) is 0.650. The predicted molar refractivity (Wildman–Crippen MR) is 107 cm³/mol. The Bertz CT molecular complexity index is 738. The summed E-state index contributed by atoms with van der Waals surface area (Å²) in [5, 5.41) is 3.00. The van der Waals surface area contributed by atoms with Gasteiger partial charge in [0.2, 0.25) is 15.9 Å². The molecule has 0 spiro atoms. The third-order valence-electron chi connectivity index (χ3n) is 5.13. The molecule has 1 amide bonds. The van der Waals surface area contributed by atoms with Gasteiger partial charge in [0.25, 0.3) is 0 Å². The average Bonchev–Trinajstić information content (AvgIpc) is 2.89. The van der Waals surface area contributed by atoms with Crippen molar-refractivity contribution in [1.82, 2.24) is 9.62 Å². The van der Waals surface area contributed by atoms with E-state index in [1.165, 1.54) is 27.0 Å². The zero-order valence-electron chi connectivity index (χ0n) is 16.8. The van der Waals surface area contributed by atoms with Crippen molar-refractivity contribution in [3.8, 4) is 5.75 Å². The van der Waals surface area contributed by atoms with Crippen LogP contribution < -0.4 is 10.1 Å². The summed E-state index contributed by atoms with van der Waals surface area (Å²) in [6.07, 6.45) is 6.55. The third kappa shape index (κ3) is 5.69. The molecule has 0 aliphatic heterocycles. The minimum Gasteiger partial charge on any atom is -0.495 e. The van der Waals surface area contributed by atoms with Gasteiger partial charge >= 0.3 is 0 Å². The van der Waals surface area contributed by atoms with Crippen LogP contribution in [0.15, 0.2) is 23.1 Å². The minimum absolute atomic E-state index is 0.0981. The van der Waals surface area contributed by atoms with Crippen molar-refractivity contribution in [3.05, 3.63) is 23.8 Å². The molecule has 1 aromatic rings. The van der Waals surface area contributed by atoms with Crippen molar-refractivity contribution in [1.29, 1.82) is 0 Å². The molecule has 2 rings (SSSR count). The van der Waals surface area contributed by atoms with Gasteiger partial charge in [0, 0.05) is 13.1 Å². The van der Waals surface area contributed by atoms with Crippen molar-refractivity contribution in [2.45, 2.75) is 69.2 Å². The molecule has 7 heteroatoms. The number of sulfonamides is 1. The van der Waals surface area contributed by atoms with E-state index < -0.39 is 10.0 Å². The lowest BCUT2D eigenvalue weighted by molar-refractivity contribution is -0.121. The molecule has 0 saturated heterocycles. The van der Waals surface area contributed by atoms with E-state index in [9.17, 15) is 13.2 Å². The van der Waals surface area contributed by atoms with Crippen LogP contribution in [-0.4, -0.2) is 45.4 Å². The van der Waals surface area contributed by atoms with Gasteiger partial charge in [0.1, 0.15) is 10.6 Å². The molecule has 0 aromatic heterocycles. The van der Waals surface area contributed by atoms with E-state index in [0.29, 0.717) is 0 Å². The number of methoxy groups -OCH3 is 1. The summed E-state index contributed by atoms with van der Waals surface area (Å²) < 4.78 is 32.4. The molecular formula is C20H32N2O4S. The number of ether oxygens (including phenoxy) is 1. The first-order chi connectivity index (χ1) is 12.8. The Hall–Kier alpha value is -1.60. The lowest BCUT2D eigenvalue weighted by Gasteiger charge is -2.22. The highest BCUT2D eigenvalue weighted by molar-refractivity contribution is 7.89. The molecular weight excluding hydrogens is 364 g/mol. The van der Waals surface area contributed by atoms with Gasteiger partial charge in [-0.15, -0.1) is 0 Å². The maximum Gasteiger partial charge on any atom is 0.246 e. The Balaban J connectivity index is 2.13. The second-order valence-corrected chi connectivity index (χ2v) is 9.60. The normalized spacial score (nSPS) is 16.4. The number of amides is 1. The number of hydrogen-bond donors (Lipinski definition) is 1. The summed E-state index contributed by atoms with van der Waals surface area (Å²) >= 11 is 0. The molecule has 1 aliphatic rings. The summed E-state index contributed by atoms with van der Waals surface area (Å²) in [5.74, 6) is 0.219. The second kappa shape index (κ2) is 9.55. The first kappa shape index (κ1) is 21.7. The van der Waals surface area contributed by atoms with Crippen LogP contribution in [0.1, 0.15) is 63.9 Å². The van der Waals surface area contributed by atoms with E-state index in [2.05, 4.69) is 5.32 Å². The molecule has 1 fully saturated rings. The Morgan fingerprint density at radius 2 is 1.85 bits per heavy atom. The topological polar surface area (TPSA) is 75.7 Å². The first-order valence-corrected chi connectivity index (χ1v) is 11.1. The number of nitrogens with one attached hydrogen (secondary N) is 1. The number of likely N-dealkylation sites (N-methyl/N-ethyl adjacent to an activating group) is 1. The van der Waals surface area contributed by atoms with Crippen LogP contribution >= 0.6 is 0 Å². The Labute approximate surface area is 163 Å². The van der Waals surface area contributed by atoms with Crippen LogP contribution in [-0.2, 0) is 14.8 Å². The van der Waals surface area contributed by atoms with Crippen LogP contribution in [0.5, 0.6) is 5.75 Å². The number of rotatable bonds is 7. The van der Waals surface area contributed by atoms with Crippen molar-refractivity contribution in [3.63, 3.8) is 0 Å². The van der Waals surface area contributed by atoms with Gasteiger partial charge in [0.15, 0.2) is 0 Å². The van der Waals surface area contributed by atoms with E-state index in [-0.39, 0.29) is 35.1 Å². The molecule has 0 radical (unpaired) electrons. The zero-order chi connectivity index (χ0) is 20.0. The largest absolute Gasteiger partial charge is 0.495 e. The van der Waals surface area contributed by atoms with Gasteiger partial charge in [-0.25, -0.2) is 8.42 Å². The lowest BCUT2D eigenvalue weighted by atomic mass is 10.0. The van der Waals surface area contributed by atoms with Gasteiger partial charge < -0.3 is 10.1 Å². The van der Waals surface area contributed by atoms with E-state index in [1.807, 2.05) is 19.9 Å². The predicted octanol–water partition coefficient (Wildman–Crippen LogP) is 3.28. The monoisotopic (exact) mass is 396 g/mol. The molecule has 0 unspecified atom stereocenters. The Kier molecular flexibility index (Phi) is 7.68. The highest BCUT2D eigenvalue weighted by Gasteiger charge is 2.28. The van der Waals surface area contributed by atoms with Crippen LogP contribution in [0.2, 0.25) is 0 Å². The van der Waals surface area contributed by atoms with Crippen LogP contribution in [0.25, 0.3) is 0 Å². The molecule has 0 atom stereocenters. The van der Waals surface area contributed by atoms with Crippen LogP contribution in [0.3, 0.4) is 0 Å². The van der Waals surface area contributed by atoms with E-state index in [4.69, 9.17) is 4.74 Å². The molecule has 1 aliphatic carbocycles. The second-order valence-electron chi connectivity index (χ2n) is 7.58. The van der Waals surface area contributed by atoms with Gasteiger partial charge in [-0.3, -0.25) is 4.79 Å². The highest BCUT2D eigenvalue weighted by Crippen LogP contribution is 2.29. The van der Waals surface area contributed by atoms with Crippen molar-refractivity contribution in [2.75, 3.05) is 20.7 Å². The molecule has 0 bridgehead atoms. The fourth-order valence-corrected chi connectivity index (χ4v) is 4.72. The number of nitrogens with zero attached hydrogens (tertiary/aromatic N) is 1. The number of carbonyl (C=O) groups is 1. The van der Waals surface area contributed by atoms with Gasteiger partial charge in [-0.05, 0) is 36.5 Å². The van der Waals surface area contributed by atoms with E-state index in [1.54, 1.807) is 12.1 Å². The lowest BCUT2D eigenvalue weighted by Crippen LogP contribution is -2.42. The number of hydrogen-bond acceptors (Lipinski definition) is 4. The van der Waals surface area contributed by atoms with Gasteiger partial charge in [0.05, 0.1) is 13.7 Å². The average molecular weight is 397 g/mol. The third-order valence-corrected chi connectivity index (χ3v) is 6.95. The number of benzene rings is 1. The number of carbonyl (C=O) groups excluding carboxylic acids is 1. The smallest absolute Gasteiger partial charge is 0.246 e. The minimum atomic E-state index is -3.83. The summed E-state index contributed by atoms with van der Waals surface area (Å²) in [5.41, 5.74) is 0.908. The molecule has 1 saturated carbocycles. The summed E-state index contributed by atoms with van der Waals surface area (Å²) in [6.45, 7) is 3.80. The van der Waals surface area contributed by atoms with Crippen LogP contribution in [0.4, 0.5) is 0 Å². The van der Waals surface area contributed by atoms with Gasteiger partial charge in [-0.1, -0.05) is 45.6 Å². The molecule has 1 N–H and O–H groups in total. The van der Waals surface area contributed by atoms with Gasteiger partial charge in [-0.2, -0.15) is 4.31 Å². The van der Waals surface area contributed by atoms with Crippen molar-refractivity contribution < 1.29 is 17.9 Å². The summed E-state index contributed by atoms with van der Waals surface area (Å²) in [4.78, 5) is 12.5. The Morgan fingerprint density at radius 3 is 2.41 bits per heavy atom. The van der Waals surface area contributed by atoms with Crippen LogP contribution in [0, 0.1) is 0 Å². The van der Waals surface area contributed by atoms with E-state index in [0.717, 1.165) is 35.6 Å². The SMILES string of the molecule is COc1ccc(C(C)C)cc1S(=O)(=O)N(C)CC(=O)NC1CCCCCC1. The maximum absolute atomic E-state index is 13.0. The first-order valence-electron chi connectivity index (χ1n) is 9.69. The molecule has 1 aromatic carbocycles. The standard InChI is InChI=1S/C20H32N2O4S/c1-15(2)16-11-12-18(26-4)19(13-16)27(24,25)22(3)14-20(23)21-17-9-7-5-6-8-10-17/h11-13,15,17H,5-10,14H2,1-4H3,(H,21,23). The molecule has 6 nitrogen and oxygen atoms in total. The molecule has 152 valence electrons. The quantitative estimate of drug-likeness (QED) is 0.718. The summed E-state index contributed by atoms with van der Waals surface area (Å²) in [6, 6.07) is 5.32. The summed E-state index contributed by atoms with van der Waals surface area (Å²) in [7, 11) is -0.953. The fourth-order valence-electron chi connectivity index (χ4n) is 3.41. The zero-order valence-corrected chi connectivity index (χ0v) is 17.6. The van der Waals surface area contributed by atoms with E-state index >= 15 is 0 Å². The molecule has 27 heavy (non-hydrogen) atoms. The molecule has 0 heterocycles. The van der Waals surface area contributed by atoms with Crippen molar-refractivity contribution >= 4 is 15.9 Å². The highest BCUT2D eigenvalue weighted by atomic mass is 32.2. The maximum atomic E-state index is 13.0.